The SMILES string of the molecule is CCc1cc(CC(NN)C2CCC(CC)CC2)n(CC)n1. The molecule has 0 saturated heterocycles. The van der Waals surface area contributed by atoms with Crippen LogP contribution in [0.2, 0.25) is 0 Å². The molecule has 1 unspecified atom stereocenters. The van der Waals surface area contributed by atoms with Gasteiger partial charge in [-0.3, -0.25) is 16.0 Å². The Kier molecular flexibility index (Phi) is 6.24. The Bertz CT molecular complexity index is 418. The molecule has 1 atom stereocenters. The fraction of sp³-hybridized carbons (Fsp3) is 0.824. The lowest BCUT2D eigenvalue weighted by atomic mass is 9.77. The number of hydrazine groups is 1. The number of nitrogens with zero attached hydrogens (tertiary/aromatic N) is 2. The fourth-order valence-electron chi connectivity index (χ4n) is 3.71. The number of rotatable bonds is 7. The number of nitrogens with one attached hydrogen (secondary N) is 1. The third-order valence-corrected chi connectivity index (χ3v) is 5.26. The third kappa shape index (κ3) is 4.07. The first-order valence-corrected chi connectivity index (χ1v) is 8.73. The summed E-state index contributed by atoms with van der Waals surface area (Å²) in [5, 5.41) is 4.65. The van der Waals surface area contributed by atoms with Crippen molar-refractivity contribution in [1.29, 1.82) is 0 Å². The van der Waals surface area contributed by atoms with Crippen LogP contribution in [-0.4, -0.2) is 15.8 Å². The van der Waals surface area contributed by atoms with E-state index in [4.69, 9.17) is 5.84 Å². The van der Waals surface area contributed by atoms with E-state index in [9.17, 15) is 0 Å². The zero-order chi connectivity index (χ0) is 15.2. The van der Waals surface area contributed by atoms with E-state index in [-0.39, 0.29) is 0 Å². The molecule has 2 rings (SSSR count). The molecular formula is C17H32N4. The molecule has 1 fully saturated rings. The molecule has 0 amide bonds. The molecule has 0 bridgehead atoms. The maximum atomic E-state index is 5.87. The van der Waals surface area contributed by atoms with E-state index in [2.05, 4.69) is 42.0 Å². The first-order chi connectivity index (χ1) is 10.2. The fourth-order valence-corrected chi connectivity index (χ4v) is 3.71. The van der Waals surface area contributed by atoms with Gasteiger partial charge in [0.15, 0.2) is 0 Å². The Balaban J connectivity index is 2.00. The zero-order valence-electron chi connectivity index (χ0n) is 13.9. The van der Waals surface area contributed by atoms with Crippen molar-refractivity contribution in [2.24, 2.45) is 17.7 Å². The van der Waals surface area contributed by atoms with Gasteiger partial charge >= 0.3 is 0 Å². The van der Waals surface area contributed by atoms with E-state index in [0.717, 1.165) is 25.3 Å². The minimum Gasteiger partial charge on any atom is -0.271 e. The van der Waals surface area contributed by atoms with Gasteiger partial charge in [0.25, 0.3) is 0 Å². The third-order valence-electron chi connectivity index (χ3n) is 5.26. The van der Waals surface area contributed by atoms with Crippen LogP contribution < -0.4 is 11.3 Å². The highest BCUT2D eigenvalue weighted by Gasteiger charge is 2.27. The Morgan fingerprint density at radius 1 is 1.29 bits per heavy atom. The maximum absolute atomic E-state index is 5.87. The lowest BCUT2D eigenvalue weighted by Gasteiger charge is -2.33. The monoisotopic (exact) mass is 292 g/mol. The van der Waals surface area contributed by atoms with Gasteiger partial charge in [0.05, 0.1) is 5.69 Å². The minimum atomic E-state index is 0.384. The van der Waals surface area contributed by atoms with Gasteiger partial charge in [-0.05, 0) is 44.1 Å². The number of nitrogens with two attached hydrogens (primary N) is 1. The van der Waals surface area contributed by atoms with Crippen molar-refractivity contribution in [3.8, 4) is 0 Å². The maximum Gasteiger partial charge on any atom is 0.0624 e. The van der Waals surface area contributed by atoms with Gasteiger partial charge in [-0.15, -0.1) is 0 Å². The molecule has 4 nitrogen and oxygen atoms in total. The van der Waals surface area contributed by atoms with E-state index in [1.807, 2.05) is 0 Å². The zero-order valence-corrected chi connectivity index (χ0v) is 13.9. The molecule has 1 aromatic rings. The highest BCUT2D eigenvalue weighted by molar-refractivity contribution is 5.12. The average Bonchev–Trinajstić information content (AvgIpc) is 2.95. The molecule has 1 heterocycles. The molecule has 4 heteroatoms. The summed E-state index contributed by atoms with van der Waals surface area (Å²) in [6, 6.07) is 2.64. The van der Waals surface area contributed by atoms with Crippen LogP contribution in [0.25, 0.3) is 0 Å². The van der Waals surface area contributed by atoms with Gasteiger partial charge in [0.2, 0.25) is 0 Å². The standard InChI is InChI=1S/C17H32N4/c1-4-13-7-9-14(10-8-13)17(19-18)12-16-11-15(5-2)20-21(16)6-3/h11,13-14,17,19H,4-10,12,18H2,1-3H3. The van der Waals surface area contributed by atoms with Gasteiger partial charge in [0.1, 0.15) is 0 Å². The lowest BCUT2D eigenvalue weighted by Crippen LogP contribution is -2.44. The quantitative estimate of drug-likeness (QED) is 0.600. The largest absolute Gasteiger partial charge is 0.271 e. The predicted molar refractivity (Wildman–Crippen MR) is 87.8 cm³/mol. The first-order valence-electron chi connectivity index (χ1n) is 8.73. The van der Waals surface area contributed by atoms with Gasteiger partial charge in [0, 0.05) is 24.7 Å². The van der Waals surface area contributed by atoms with Crippen LogP contribution in [0.3, 0.4) is 0 Å². The molecule has 1 aliphatic rings. The van der Waals surface area contributed by atoms with Gasteiger partial charge < -0.3 is 0 Å². The second-order valence-corrected chi connectivity index (χ2v) is 6.46. The molecule has 3 N–H and O–H groups in total. The molecule has 1 aromatic heterocycles. The van der Waals surface area contributed by atoms with Crippen molar-refractivity contribution in [2.75, 3.05) is 0 Å². The van der Waals surface area contributed by atoms with Crippen molar-refractivity contribution in [3.05, 3.63) is 17.5 Å². The number of hydrogen-bond donors (Lipinski definition) is 2. The van der Waals surface area contributed by atoms with E-state index in [1.54, 1.807) is 0 Å². The van der Waals surface area contributed by atoms with Gasteiger partial charge in [-0.25, -0.2) is 0 Å². The van der Waals surface area contributed by atoms with Gasteiger partial charge in [-0.2, -0.15) is 5.10 Å². The predicted octanol–water partition coefficient (Wildman–Crippen LogP) is 3.06. The van der Waals surface area contributed by atoms with E-state index in [0.29, 0.717) is 12.0 Å². The summed E-state index contributed by atoms with van der Waals surface area (Å²) in [6.45, 7) is 7.58. The number of aryl methyl sites for hydroxylation is 2. The molecular weight excluding hydrogens is 260 g/mol. The van der Waals surface area contributed by atoms with Crippen molar-refractivity contribution >= 4 is 0 Å². The second-order valence-electron chi connectivity index (χ2n) is 6.46. The van der Waals surface area contributed by atoms with Crippen molar-refractivity contribution < 1.29 is 0 Å². The highest BCUT2D eigenvalue weighted by Crippen LogP contribution is 2.33. The van der Waals surface area contributed by atoms with E-state index in [1.165, 1.54) is 43.5 Å². The Morgan fingerprint density at radius 2 is 2.00 bits per heavy atom. The Hall–Kier alpha value is -0.870. The van der Waals surface area contributed by atoms with Crippen LogP contribution >= 0.6 is 0 Å². The molecule has 1 aliphatic carbocycles. The number of aromatic nitrogens is 2. The molecule has 0 spiro atoms. The first kappa shape index (κ1) is 16.5. The second kappa shape index (κ2) is 7.95. The van der Waals surface area contributed by atoms with Crippen molar-refractivity contribution in [3.63, 3.8) is 0 Å². The minimum absolute atomic E-state index is 0.384. The van der Waals surface area contributed by atoms with Crippen molar-refractivity contribution in [1.82, 2.24) is 15.2 Å². The van der Waals surface area contributed by atoms with E-state index >= 15 is 0 Å². The van der Waals surface area contributed by atoms with Crippen LogP contribution in [0.15, 0.2) is 6.07 Å². The number of hydrogen-bond acceptors (Lipinski definition) is 3. The molecule has 120 valence electrons. The van der Waals surface area contributed by atoms with Crippen molar-refractivity contribution in [2.45, 2.75) is 78.3 Å². The van der Waals surface area contributed by atoms with Gasteiger partial charge in [-0.1, -0.05) is 33.1 Å². The lowest BCUT2D eigenvalue weighted by molar-refractivity contribution is 0.215. The summed E-state index contributed by atoms with van der Waals surface area (Å²) in [7, 11) is 0. The van der Waals surface area contributed by atoms with Crippen LogP contribution in [0, 0.1) is 11.8 Å². The Morgan fingerprint density at radius 3 is 2.52 bits per heavy atom. The normalized spacial score (nSPS) is 24.2. The molecule has 0 aliphatic heterocycles. The van der Waals surface area contributed by atoms with Crippen LogP contribution in [0.5, 0.6) is 0 Å². The smallest absolute Gasteiger partial charge is 0.0624 e. The van der Waals surface area contributed by atoms with Crippen LogP contribution in [-0.2, 0) is 19.4 Å². The topological polar surface area (TPSA) is 55.9 Å². The molecule has 21 heavy (non-hydrogen) atoms. The summed E-state index contributed by atoms with van der Waals surface area (Å²) >= 11 is 0. The summed E-state index contributed by atoms with van der Waals surface area (Å²) in [5.74, 6) is 7.52. The van der Waals surface area contributed by atoms with Crippen LogP contribution in [0.1, 0.15) is 64.3 Å². The summed E-state index contributed by atoms with van der Waals surface area (Å²) in [4.78, 5) is 0. The Labute approximate surface area is 129 Å². The summed E-state index contributed by atoms with van der Waals surface area (Å²) in [5.41, 5.74) is 5.61. The highest BCUT2D eigenvalue weighted by atomic mass is 15.3. The molecule has 0 aromatic carbocycles. The summed E-state index contributed by atoms with van der Waals surface area (Å²) in [6.07, 6.45) is 8.69. The molecule has 0 radical (unpaired) electrons. The summed E-state index contributed by atoms with van der Waals surface area (Å²) < 4.78 is 2.14. The molecule has 1 saturated carbocycles. The average molecular weight is 292 g/mol. The van der Waals surface area contributed by atoms with E-state index < -0.39 is 0 Å². The van der Waals surface area contributed by atoms with Crippen LogP contribution in [0.4, 0.5) is 0 Å².